The molecular weight excluding hydrogens is 272 g/mol. The molecule has 1 fully saturated rings. The molecule has 3 N–H and O–H groups in total. The molecule has 21 heavy (non-hydrogen) atoms. The van der Waals surface area contributed by atoms with Gasteiger partial charge in [-0.1, -0.05) is 19.0 Å². The Morgan fingerprint density at radius 3 is 2.86 bits per heavy atom. The highest BCUT2D eigenvalue weighted by atomic mass is 16.5. The van der Waals surface area contributed by atoms with Crippen molar-refractivity contribution >= 4 is 11.8 Å². The minimum atomic E-state index is -0.536. The van der Waals surface area contributed by atoms with Crippen molar-refractivity contribution in [1.29, 1.82) is 0 Å². The first-order valence-electron chi connectivity index (χ1n) is 7.24. The fourth-order valence-corrected chi connectivity index (χ4v) is 2.44. The minimum absolute atomic E-state index is 0.152. The summed E-state index contributed by atoms with van der Waals surface area (Å²) in [4.78, 5) is 26.0. The number of amides is 2. The van der Waals surface area contributed by atoms with Crippen LogP contribution in [-0.4, -0.2) is 47.0 Å². The third-order valence-electron chi connectivity index (χ3n) is 3.56. The number of carbonyl (C=O) groups is 2. The van der Waals surface area contributed by atoms with Gasteiger partial charge in [-0.15, -0.1) is 0 Å². The second-order valence-electron chi connectivity index (χ2n) is 5.63. The molecule has 2 heterocycles. The standard InChI is InChI=1S/C14H22N4O3/c1-4-16-13(19)11-5-9(15)7-18(11)14(20)10-6-12(8(2)3)21-17-10/h6,8-9,11H,4-5,7,15H2,1-3H3,(H,16,19)/t9-,11+/m1/s1. The Bertz CT molecular complexity index is 526. The zero-order valence-electron chi connectivity index (χ0n) is 12.6. The van der Waals surface area contributed by atoms with E-state index < -0.39 is 6.04 Å². The molecule has 116 valence electrons. The zero-order valence-corrected chi connectivity index (χ0v) is 12.6. The highest BCUT2D eigenvalue weighted by molar-refractivity contribution is 5.96. The first-order chi connectivity index (χ1) is 9.93. The molecule has 7 nitrogen and oxygen atoms in total. The van der Waals surface area contributed by atoms with E-state index in [0.29, 0.717) is 25.3 Å². The van der Waals surface area contributed by atoms with Crippen molar-refractivity contribution in [2.75, 3.05) is 13.1 Å². The van der Waals surface area contributed by atoms with E-state index in [-0.39, 0.29) is 29.5 Å². The van der Waals surface area contributed by atoms with Crippen LogP contribution >= 0.6 is 0 Å². The van der Waals surface area contributed by atoms with Crippen molar-refractivity contribution in [1.82, 2.24) is 15.4 Å². The molecular formula is C14H22N4O3. The summed E-state index contributed by atoms with van der Waals surface area (Å²) < 4.78 is 5.15. The molecule has 1 aliphatic rings. The Labute approximate surface area is 123 Å². The van der Waals surface area contributed by atoms with Gasteiger partial charge in [0.15, 0.2) is 5.69 Å². The lowest BCUT2D eigenvalue weighted by atomic mass is 10.1. The van der Waals surface area contributed by atoms with Gasteiger partial charge >= 0.3 is 0 Å². The number of carbonyl (C=O) groups excluding carboxylic acids is 2. The lowest BCUT2D eigenvalue weighted by molar-refractivity contribution is -0.124. The molecule has 0 aromatic carbocycles. The van der Waals surface area contributed by atoms with Crippen LogP contribution in [0.2, 0.25) is 0 Å². The van der Waals surface area contributed by atoms with E-state index in [1.54, 1.807) is 6.07 Å². The molecule has 0 radical (unpaired) electrons. The summed E-state index contributed by atoms with van der Waals surface area (Å²) >= 11 is 0. The van der Waals surface area contributed by atoms with E-state index in [1.807, 2.05) is 20.8 Å². The monoisotopic (exact) mass is 294 g/mol. The summed E-state index contributed by atoms with van der Waals surface area (Å²) in [5.74, 6) is 0.316. The maximum absolute atomic E-state index is 12.5. The number of aromatic nitrogens is 1. The van der Waals surface area contributed by atoms with Gasteiger partial charge in [-0.2, -0.15) is 0 Å². The molecule has 0 saturated carbocycles. The third kappa shape index (κ3) is 3.24. The Balaban J connectivity index is 2.17. The summed E-state index contributed by atoms with van der Waals surface area (Å²) in [5, 5.41) is 6.54. The van der Waals surface area contributed by atoms with Crippen LogP contribution in [0.4, 0.5) is 0 Å². The number of likely N-dealkylation sites (tertiary alicyclic amines) is 1. The fourth-order valence-electron chi connectivity index (χ4n) is 2.44. The number of rotatable bonds is 4. The highest BCUT2D eigenvalue weighted by Gasteiger charge is 2.39. The van der Waals surface area contributed by atoms with Gasteiger partial charge in [-0.3, -0.25) is 9.59 Å². The average Bonchev–Trinajstić information content (AvgIpc) is 3.04. The summed E-state index contributed by atoms with van der Waals surface area (Å²) in [6.45, 7) is 6.63. The number of nitrogens with one attached hydrogen (secondary N) is 1. The van der Waals surface area contributed by atoms with E-state index in [9.17, 15) is 9.59 Å². The molecule has 2 rings (SSSR count). The number of likely N-dealkylation sites (N-methyl/N-ethyl adjacent to an activating group) is 1. The summed E-state index contributed by atoms with van der Waals surface area (Å²) in [6.07, 6.45) is 0.465. The molecule has 0 aliphatic carbocycles. The summed E-state index contributed by atoms with van der Waals surface area (Å²) in [5.41, 5.74) is 6.13. The van der Waals surface area contributed by atoms with Crippen LogP contribution in [-0.2, 0) is 4.79 Å². The molecule has 1 aromatic rings. The number of hydrogen-bond acceptors (Lipinski definition) is 5. The molecule has 2 atom stereocenters. The molecule has 0 unspecified atom stereocenters. The molecule has 2 amide bonds. The van der Waals surface area contributed by atoms with Gasteiger partial charge in [0, 0.05) is 31.1 Å². The molecule has 1 aliphatic heterocycles. The minimum Gasteiger partial charge on any atom is -0.360 e. The van der Waals surface area contributed by atoms with Gasteiger partial charge in [-0.05, 0) is 13.3 Å². The third-order valence-corrected chi connectivity index (χ3v) is 3.56. The summed E-state index contributed by atoms with van der Waals surface area (Å²) in [7, 11) is 0. The SMILES string of the molecule is CCNC(=O)[C@@H]1C[C@@H](N)CN1C(=O)c1cc(C(C)C)on1. The molecule has 1 aromatic heterocycles. The van der Waals surface area contributed by atoms with Crippen LogP contribution < -0.4 is 11.1 Å². The van der Waals surface area contributed by atoms with Gasteiger partial charge in [0.25, 0.3) is 5.91 Å². The average molecular weight is 294 g/mol. The second kappa shape index (κ2) is 6.26. The first-order valence-corrected chi connectivity index (χ1v) is 7.24. The number of hydrogen-bond donors (Lipinski definition) is 2. The lowest BCUT2D eigenvalue weighted by Gasteiger charge is -2.22. The van der Waals surface area contributed by atoms with Gasteiger partial charge in [0.2, 0.25) is 5.91 Å². The Hall–Kier alpha value is -1.89. The van der Waals surface area contributed by atoms with E-state index in [1.165, 1.54) is 4.90 Å². The molecule has 7 heteroatoms. The van der Waals surface area contributed by atoms with Crippen molar-refractivity contribution in [2.45, 2.75) is 45.2 Å². The van der Waals surface area contributed by atoms with Crippen LogP contribution in [0.25, 0.3) is 0 Å². The van der Waals surface area contributed by atoms with Crippen molar-refractivity contribution in [2.24, 2.45) is 5.73 Å². The van der Waals surface area contributed by atoms with Crippen molar-refractivity contribution in [3.05, 3.63) is 17.5 Å². The van der Waals surface area contributed by atoms with Crippen LogP contribution in [0, 0.1) is 0 Å². The van der Waals surface area contributed by atoms with E-state index in [0.717, 1.165) is 0 Å². The molecule has 0 spiro atoms. The second-order valence-corrected chi connectivity index (χ2v) is 5.63. The predicted octanol–water partition coefficient (Wildman–Crippen LogP) is 0.476. The Kier molecular flexibility index (Phi) is 4.62. The Morgan fingerprint density at radius 1 is 1.57 bits per heavy atom. The number of nitrogens with zero attached hydrogens (tertiary/aromatic N) is 2. The maximum Gasteiger partial charge on any atom is 0.276 e. The van der Waals surface area contributed by atoms with Crippen LogP contribution in [0.3, 0.4) is 0 Å². The quantitative estimate of drug-likeness (QED) is 0.841. The van der Waals surface area contributed by atoms with Crippen molar-refractivity contribution in [3.8, 4) is 0 Å². The van der Waals surface area contributed by atoms with E-state index in [2.05, 4.69) is 10.5 Å². The Morgan fingerprint density at radius 2 is 2.29 bits per heavy atom. The van der Waals surface area contributed by atoms with Crippen LogP contribution in [0.15, 0.2) is 10.6 Å². The maximum atomic E-state index is 12.5. The van der Waals surface area contributed by atoms with Crippen molar-refractivity contribution < 1.29 is 14.1 Å². The fraction of sp³-hybridized carbons (Fsp3) is 0.643. The first kappa shape index (κ1) is 15.5. The van der Waals surface area contributed by atoms with E-state index in [4.69, 9.17) is 10.3 Å². The lowest BCUT2D eigenvalue weighted by Crippen LogP contribution is -2.46. The smallest absolute Gasteiger partial charge is 0.276 e. The van der Waals surface area contributed by atoms with Gasteiger partial charge in [0.1, 0.15) is 11.8 Å². The largest absolute Gasteiger partial charge is 0.360 e. The van der Waals surface area contributed by atoms with Gasteiger partial charge < -0.3 is 20.5 Å². The molecule has 1 saturated heterocycles. The summed E-state index contributed by atoms with van der Waals surface area (Å²) in [6, 6.07) is 0.899. The predicted molar refractivity (Wildman–Crippen MR) is 76.7 cm³/mol. The normalized spacial score (nSPS) is 21.9. The van der Waals surface area contributed by atoms with Gasteiger partial charge in [0.05, 0.1) is 0 Å². The van der Waals surface area contributed by atoms with Crippen molar-refractivity contribution in [3.63, 3.8) is 0 Å². The molecule has 0 bridgehead atoms. The van der Waals surface area contributed by atoms with E-state index >= 15 is 0 Å². The van der Waals surface area contributed by atoms with Gasteiger partial charge in [-0.25, -0.2) is 0 Å². The highest BCUT2D eigenvalue weighted by Crippen LogP contribution is 2.21. The van der Waals surface area contributed by atoms with Crippen LogP contribution in [0.1, 0.15) is 49.4 Å². The zero-order chi connectivity index (χ0) is 15.6. The topological polar surface area (TPSA) is 101 Å². The van der Waals surface area contributed by atoms with Crippen LogP contribution in [0.5, 0.6) is 0 Å². The number of nitrogens with two attached hydrogens (primary N) is 1.